The molecule has 5 heteroatoms. The summed E-state index contributed by atoms with van der Waals surface area (Å²) in [5, 5.41) is 2.37. The van der Waals surface area contributed by atoms with Crippen molar-refractivity contribution in [2.75, 3.05) is 6.54 Å². The zero-order valence-corrected chi connectivity index (χ0v) is 6.22. The molecule has 0 rings (SSSR count). The number of hydrogen-bond acceptors (Lipinski definition) is 1. The Kier molecular flexibility index (Phi) is 3.25. The fourth-order valence-corrected chi connectivity index (χ4v) is 1.27. The van der Waals surface area contributed by atoms with Gasteiger partial charge in [0.2, 0.25) is 0 Å². The first-order valence-electron chi connectivity index (χ1n) is 1.80. The van der Waals surface area contributed by atoms with Crippen molar-refractivity contribution in [3.05, 3.63) is 0 Å². The maximum atomic E-state index is 10.2. The van der Waals surface area contributed by atoms with Crippen molar-refractivity contribution < 1.29 is 4.57 Å². The van der Waals surface area contributed by atoms with Gasteiger partial charge < -0.3 is 0 Å². The number of halogens is 2. The van der Waals surface area contributed by atoms with E-state index in [1.807, 2.05) is 0 Å². The van der Waals surface area contributed by atoms with Crippen molar-refractivity contribution in [1.82, 2.24) is 5.09 Å². The van der Waals surface area contributed by atoms with E-state index in [-0.39, 0.29) is 0 Å². The zero-order chi connectivity index (χ0) is 5.91. The summed E-state index contributed by atoms with van der Waals surface area (Å²) in [4.78, 5) is 0. The van der Waals surface area contributed by atoms with Crippen molar-refractivity contribution in [1.29, 1.82) is 0 Å². The van der Waals surface area contributed by atoms with Crippen LogP contribution in [0.4, 0.5) is 0 Å². The molecule has 0 atom stereocenters. The summed E-state index contributed by atoms with van der Waals surface area (Å²) in [6, 6.07) is 0. The highest BCUT2D eigenvalue weighted by Gasteiger charge is 2.08. The van der Waals surface area contributed by atoms with Gasteiger partial charge in [0, 0.05) is 6.54 Å². The van der Waals surface area contributed by atoms with Gasteiger partial charge in [-0.15, -0.1) is 0 Å². The summed E-state index contributed by atoms with van der Waals surface area (Å²) >= 11 is 10.1. The summed E-state index contributed by atoms with van der Waals surface area (Å²) < 4.78 is 10.2. The Morgan fingerprint density at radius 2 is 2.14 bits per heavy atom. The summed E-state index contributed by atoms with van der Waals surface area (Å²) in [6.45, 7) is 2.31. The van der Waals surface area contributed by atoms with Crippen LogP contribution in [0.2, 0.25) is 0 Å². The molecule has 0 aromatic heterocycles. The third kappa shape index (κ3) is 6.77. The lowest BCUT2D eigenvalue weighted by Gasteiger charge is -1.97. The van der Waals surface area contributed by atoms with E-state index in [1.54, 1.807) is 6.92 Å². The molecule has 0 aliphatic heterocycles. The van der Waals surface area contributed by atoms with Crippen LogP contribution in [0.3, 0.4) is 0 Å². The first kappa shape index (κ1) is 7.77. The predicted molar refractivity (Wildman–Crippen MR) is 33.0 cm³/mol. The van der Waals surface area contributed by atoms with Gasteiger partial charge in [0.05, 0.1) is 0 Å². The number of nitrogens with one attached hydrogen (secondary N) is 1. The monoisotopic (exact) mass is 161 g/mol. The molecule has 2 nitrogen and oxygen atoms in total. The van der Waals surface area contributed by atoms with Gasteiger partial charge >= 0.3 is 6.00 Å². The molecule has 7 heavy (non-hydrogen) atoms. The lowest BCUT2D eigenvalue weighted by Crippen LogP contribution is -2.00. The van der Waals surface area contributed by atoms with Crippen molar-refractivity contribution in [2.24, 2.45) is 0 Å². The SMILES string of the molecule is CCNP(=O)(Cl)Cl. The van der Waals surface area contributed by atoms with Crippen molar-refractivity contribution in [2.45, 2.75) is 6.92 Å². The van der Waals surface area contributed by atoms with Crippen LogP contribution in [-0.2, 0) is 4.57 Å². The molecule has 0 bridgehead atoms. The molecule has 44 valence electrons. The number of hydrogen-bond donors (Lipinski definition) is 1. The van der Waals surface area contributed by atoms with Crippen LogP contribution in [0.15, 0.2) is 0 Å². The Morgan fingerprint density at radius 1 is 1.71 bits per heavy atom. The highest BCUT2D eigenvalue weighted by atomic mass is 35.9. The lowest BCUT2D eigenvalue weighted by molar-refractivity contribution is 0.586. The average Bonchev–Trinajstić information content (AvgIpc) is 1.30. The molecule has 0 heterocycles. The molecule has 0 aliphatic rings. The van der Waals surface area contributed by atoms with E-state index in [4.69, 9.17) is 22.5 Å². The molecule has 0 spiro atoms. The van der Waals surface area contributed by atoms with Crippen molar-refractivity contribution in [3.8, 4) is 0 Å². The van der Waals surface area contributed by atoms with E-state index >= 15 is 0 Å². The molecule has 0 saturated carbocycles. The minimum Gasteiger partial charge on any atom is -0.271 e. The average molecular weight is 162 g/mol. The first-order chi connectivity index (χ1) is 3.06. The van der Waals surface area contributed by atoms with Crippen molar-refractivity contribution >= 4 is 28.5 Å². The predicted octanol–water partition coefficient (Wildman–Crippen LogP) is 2.18. The fraction of sp³-hybridized carbons (Fsp3) is 1.00. The largest absolute Gasteiger partial charge is 0.319 e. The van der Waals surface area contributed by atoms with Crippen LogP contribution >= 0.6 is 28.5 Å². The summed E-state index contributed by atoms with van der Waals surface area (Å²) in [5.41, 5.74) is 0. The van der Waals surface area contributed by atoms with Gasteiger partial charge in [-0.3, -0.25) is 4.57 Å². The second-order valence-corrected chi connectivity index (χ2v) is 5.59. The van der Waals surface area contributed by atoms with Gasteiger partial charge in [0.25, 0.3) is 0 Å². The second kappa shape index (κ2) is 2.93. The maximum absolute atomic E-state index is 10.2. The van der Waals surface area contributed by atoms with Gasteiger partial charge in [-0.25, -0.2) is 5.09 Å². The summed E-state index contributed by atoms with van der Waals surface area (Å²) in [7, 11) is 0. The molecule has 0 aromatic carbocycles. The highest BCUT2D eigenvalue weighted by molar-refractivity contribution is 8.07. The Hall–Kier alpha value is 0.770. The number of rotatable bonds is 2. The summed E-state index contributed by atoms with van der Waals surface area (Å²) in [5.74, 6) is -2.97. The Balaban J connectivity index is 3.36. The maximum Gasteiger partial charge on any atom is 0.319 e. The van der Waals surface area contributed by atoms with Crippen LogP contribution in [-0.4, -0.2) is 6.54 Å². The van der Waals surface area contributed by atoms with Crippen LogP contribution in [0, 0.1) is 0 Å². The molecule has 0 unspecified atom stereocenters. The smallest absolute Gasteiger partial charge is 0.271 e. The van der Waals surface area contributed by atoms with Crippen LogP contribution in [0.25, 0.3) is 0 Å². The van der Waals surface area contributed by atoms with E-state index in [0.717, 1.165) is 0 Å². The van der Waals surface area contributed by atoms with E-state index in [9.17, 15) is 4.57 Å². The van der Waals surface area contributed by atoms with E-state index in [0.29, 0.717) is 6.54 Å². The molecule has 0 fully saturated rings. The Labute approximate surface area is 52.2 Å². The van der Waals surface area contributed by atoms with E-state index in [1.165, 1.54) is 0 Å². The van der Waals surface area contributed by atoms with Gasteiger partial charge in [0.1, 0.15) is 0 Å². The van der Waals surface area contributed by atoms with Gasteiger partial charge in [0.15, 0.2) is 0 Å². The first-order valence-corrected chi connectivity index (χ1v) is 5.32. The minimum atomic E-state index is -2.97. The standard InChI is InChI=1S/C2H6Cl2NOP/c1-2-5-7(3,4)6/h2H2,1H3,(H,5,6). The molecule has 0 aromatic rings. The minimum absolute atomic E-state index is 0.532. The van der Waals surface area contributed by atoms with Crippen LogP contribution in [0.5, 0.6) is 0 Å². The van der Waals surface area contributed by atoms with Gasteiger partial charge in [-0.05, 0) is 22.5 Å². The molecule has 0 saturated heterocycles. The molecular weight excluding hydrogens is 156 g/mol. The molecule has 0 amide bonds. The van der Waals surface area contributed by atoms with Gasteiger partial charge in [-0.2, -0.15) is 0 Å². The quantitative estimate of drug-likeness (QED) is 0.630. The van der Waals surface area contributed by atoms with Gasteiger partial charge in [-0.1, -0.05) is 6.92 Å². The summed E-state index contributed by atoms with van der Waals surface area (Å²) in [6.07, 6.45) is 0. The molecule has 0 aliphatic carbocycles. The Bertz CT molecular complexity index is 89.7. The normalized spacial score (nSPS) is 11.9. The second-order valence-electron chi connectivity index (χ2n) is 0.974. The highest BCUT2D eigenvalue weighted by Crippen LogP contribution is 2.51. The van der Waals surface area contributed by atoms with E-state index in [2.05, 4.69) is 5.09 Å². The third-order valence-corrected chi connectivity index (χ3v) is 1.74. The third-order valence-electron chi connectivity index (χ3n) is 0.342. The van der Waals surface area contributed by atoms with E-state index < -0.39 is 6.00 Å². The molecule has 1 N–H and O–H groups in total. The van der Waals surface area contributed by atoms with Crippen LogP contribution in [0.1, 0.15) is 6.92 Å². The Morgan fingerprint density at radius 3 is 2.14 bits per heavy atom. The topological polar surface area (TPSA) is 29.1 Å². The molecular formula is C2H6Cl2NOP. The van der Waals surface area contributed by atoms with Crippen molar-refractivity contribution in [3.63, 3.8) is 0 Å². The molecule has 0 radical (unpaired) electrons. The fourth-order valence-electron chi connectivity index (χ4n) is 0.184. The van der Waals surface area contributed by atoms with Crippen LogP contribution < -0.4 is 5.09 Å². The lowest BCUT2D eigenvalue weighted by atomic mass is 10.8. The zero-order valence-electron chi connectivity index (χ0n) is 3.82.